The summed E-state index contributed by atoms with van der Waals surface area (Å²) in [6.07, 6.45) is 0.896. The van der Waals surface area contributed by atoms with E-state index in [0.717, 1.165) is 32.8 Å². The first-order valence-corrected chi connectivity index (χ1v) is 9.06. The molecule has 1 amide bonds. The normalized spacial score (nSPS) is 10.8. The van der Waals surface area contributed by atoms with Crippen molar-refractivity contribution in [3.05, 3.63) is 52.0 Å². The van der Waals surface area contributed by atoms with Gasteiger partial charge in [0, 0.05) is 25.5 Å². The van der Waals surface area contributed by atoms with E-state index >= 15 is 0 Å². The second-order valence-corrected chi connectivity index (χ2v) is 7.10. The zero-order valence-corrected chi connectivity index (χ0v) is 15.4. The van der Waals surface area contributed by atoms with Crippen LogP contribution < -0.4 is 0 Å². The summed E-state index contributed by atoms with van der Waals surface area (Å²) in [5.41, 5.74) is 2.60. The SMILES string of the molecule is CCCN(Cc1ccc(C#N)cc1)C(=O)c1cc2c(C)nn(C)c2s1. The molecule has 1 aromatic carbocycles. The molecule has 128 valence electrons. The Balaban J connectivity index is 1.86. The van der Waals surface area contributed by atoms with Crippen molar-refractivity contribution in [2.45, 2.75) is 26.8 Å². The molecule has 0 saturated heterocycles. The molecule has 5 nitrogen and oxygen atoms in total. The van der Waals surface area contributed by atoms with E-state index in [-0.39, 0.29) is 5.91 Å². The number of amides is 1. The second kappa shape index (κ2) is 7.08. The van der Waals surface area contributed by atoms with Crippen LogP contribution in [-0.4, -0.2) is 27.1 Å². The molecule has 0 spiro atoms. The van der Waals surface area contributed by atoms with Gasteiger partial charge in [-0.3, -0.25) is 9.48 Å². The smallest absolute Gasteiger partial charge is 0.264 e. The van der Waals surface area contributed by atoms with Gasteiger partial charge < -0.3 is 4.90 Å². The monoisotopic (exact) mass is 352 g/mol. The summed E-state index contributed by atoms with van der Waals surface area (Å²) in [4.78, 5) is 16.6. The summed E-state index contributed by atoms with van der Waals surface area (Å²) in [7, 11) is 1.90. The van der Waals surface area contributed by atoms with Crippen molar-refractivity contribution >= 4 is 27.5 Å². The first-order chi connectivity index (χ1) is 12.0. The largest absolute Gasteiger partial charge is 0.334 e. The van der Waals surface area contributed by atoms with Gasteiger partial charge in [-0.15, -0.1) is 11.3 Å². The quantitative estimate of drug-likeness (QED) is 0.700. The van der Waals surface area contributed by atoms with Gasteiger partial charge in [0.05, 0.1) is 22.2 Å². The zero-order chi connectivity index (χ0) is 18.0. The fourth-order valence-corrected chi connectivity index (χ4v) is 3.98. The lowest BCUT2D eigenvalue weighted by Crippen LogP contribution is -2.30. The number of carbonyl (C=O) groups excluding carboxylic acids is 1. The predicted octanol–water partition coefficient (Wildman–Crippen LogP) is 3.87. The summed E-state index contributed by atoms with van der Waals surface area (Å²) in [6.45, 7) is 5.27. The first-order valence-electron chi connectivity index (χ1n) is 8.25. The maximum Gasteiger partial charge on any atom is 0.264 e. The van der Waals surface area contributed by atoms with Crippen molar-refractivity contribution in [1.29, 1.82) is 5.26 Å². The number of carbonyl (C=O) groups is 1. The summed E-state index contributed by atoms with van der Waals surface area (Å²) in [5.74, 6) is 0.0480. The molecule has 0 aliphatic heterocycles. The average Bonchev–Trinajstić information content (AvgIpc) is 3.16. The maximum atomic E-state index is 13.0. The molecule has 0 N–H and O–H groups in total. The molecule has 0 fully saturated rings. The fourth-order valence-electron chi connectivity index (χ4n) is 2.89. The molecular formula is C19H20N4OS. The van der Waals surface area contributed by atoms with Gasteiger partial charge in [-0.25, -0.2) is 0 Å². The molecule has 0 unspecified atom stereocenters. The highest BCUT2D eigenvalue weighted by atomic mass is 32.1. The molecule has 2 aromatic heterocycles. The number of hydrogen-bond acceptors (Lipinski definition) is 4. The van der Waals surface area contributed by atoms with Gasteiger partial charge in [0.15, 0.2) is 0 Å². The molecule has 3 rings (SSSR count). The van der Waals surface area contributed by atoms with Crippen molar-refractivity contribution in [1.82, 2.24) is 14.7 Å². The van der Waals surface area contributed by atoms with E-state index in [1.165, 1.54) is 11.3 Å². The van der Waals surface area contributed by atoms with Crippen molar-refractivity contribution < 1.29 is 4.79 Å². The molecule has 0 aliphatic carbocycles. The molecule has 25 heavy (non-hydrogen) atoms. The van der Waals surface area contributed by atoms with E-state index < -0.39 is 0 Å². The minimum absolute atomic E-state index is 0.0480. The number of fused-ring (bicyclic) bond motifs is 1. The van der Waals surface area contributed by atoms with Gasteiger partial charge in [0.25, 0.3) is 5.91 Å². The Morgan fingerprint density at radius 2 is 2.08 bits per heavy atom. The van der Waals surface area contributed by atoms with Crippen molar-refractivity contribution in [2.75, 3.05) is 6.54 Å². The molecule has 6 heteroatoms. The van der Waals surface area contributed by atoms with E-state index in [9.17, 15) is 4.79 Å². The van der Waals surface area contributed by atoms with Gasteiger partial charge in [-0.1, -0.05) is 19.1 Å². The lowest BCUT2D eigenvalue weighted by atomic mass is 10.1. The molecule has 0 saturated carbocycles. The number of aryl methyl sites for hydroxylation is 2. The number of rotatable bonds is 5. The average molecular weight is 352 g/mol. The molecule has 3 aromatic rings. The Kier molecular flexibility index (Phi) is 4.86. The Bertz CT molecular complexity index is 912. The highest BCUT2D eigenvalue weighted by Gasteiger charge is 2.20. The number of benzene rings is 1. The number of aromatic nitrogens is 2. The highest BCUT2D eigenvalue weighted by molar-refractivity contribution is 7.20. The highest BCUT2D eigenvalue weighted by Crippen LogP contribution is 2.29. The summed E-state index contributed by atoms with van der Waals surface area (Å²) in [6, 6.07) is 11.5. The Morgan fingerprint density at radius 3 is 2.68 bits per heavy atom. The second-order valence-electron chi connectivity index (χ2n) is 6.07. The van der Waals surface area contributed by atoms with Crippen LogP contribution in [0.25, 0.3) is 10.2 Å². The van der Waals surface area contributed by atoms with E-state index in [0.29, 0.717) is 18.7 Å². The van der Waals surface area contributed by atoms with E-state index in [1.54, 1.807) is 12.1 Å². The third kappa shape index (κ3) is 3.42. The Hall–Kier alpha value is -2.65. The number of hydrogen-bond donors (Lipinski definition) is 0. The number of nitrogens with zero attached hydrogens (tertiary/aromatic N) is 4. The minimum Gasteiger partial charge on any atom is -0.334 e. The first kappa shape index (κ1) is 17.2. The summed E-state index contributed by atoms with van der Waals surface area (Å²) in [5, 5.41) is 14.3. The summed E-state index contributed by atoms with van der Waals surface area (Å²) < 4.78 is 1.83. The van der Waals surface area contributed by atoms with Gasteiger partial charge in [0.2, 0.25) is 0 Å². The summed E-state index contributed by atoms with van der Waals surface area (Å²) >= 11 is 1.49. The van der Waals surface area contributed by atoms with Gasteiger partial charge in [-0.2, -0.15) is 10.4 Å². The third-order valence-corrected chi connectivity index (χ3v) is 5.33. The molecule has 2 heterocycles. The lowest BCUT2D eigenvalue weighted by Gasteiger charge is -2.21. The van der Waals surface area contributed by atoms with Crippen molar-refractivity contribution in [2.24, 2.45) is 7.05 Å². The third-order valence-electron chi connectivity index (χ3n) is 4.14. The number of thiophene rings is 1. The van der Waals surface area contributed by atoms with E-state index in [4.69, 9.17) is 5.26 Å². The molecule has 0 atom stereocenters. The Labute approximate surface area is 151 Å². The van der Waals surface area contributed by atoms with Crippen molar-refractivity contribution in [3.8, 4) is 6.07 Å². The topological polar surface area (TPSA) is 61.9 Å². The van der Waals surface area contributed by atoms with Crippen LogP contribution >= 0.6 is 11.3 Å². The van der Waals surface area contributed by atoms with E-state index in [1.807, 2.05) is 41.8 Å². The molecule has 0 radical (unpaired) electrons. The van der Waals surface area contributed by atoms with Crippen molar-refractivity contribution in [3.63, 3.8) is 0 Å². The maximum absolute atomic E-state index is 13.0. The van der Waals surface area contributed by atoms with Crippen LogP contribution in [0.3, 0.4) is 0 Å². The minimum atomic E-state index is 0.0480. The van der Waals surface area contributed by atoms with Crippen LogP contribution in [0.1, 0.15) is 39.8 Å². The van der Waals surface area contributed by atoms with E-state index in [2.05, 4.69) is 18.1 Å². The lowest BCUT2D eigenvalue weighted by molar-refractivity contribution is 0.0748. The predicted molar refractivity (Wildman–Crippen MR) is 99.5 cm³/mol. The molecule has 0 aliphatic rings. The standard InChI is InChI=1S/C19H20N4OS/c1-4-9-23(12-15-7-5-14(11-20)6-8-15)18(24)17-10-16-13(2)21-22(3)19(16)25-17/h5-8,10H,4,9,12H2,1-3H3. The van der Waals surface area contributed by atoms with Crippen LogP contribution in [0.5, 0.6) is 0 Å². The van der Waals surface area contributed by atoms with Gasteiger partial charge in [0.1, 0.15) is 4.83 Å². The van der Waals surface area contributed by atoms with Crippen LogP contribution in [0, 0.1) is 18.3 Å². The molecular weight excluding hydrogens is 332 g/mol. The van der Waals surface area contributed by atoms with Gasteiger partial charge >= 0.3 is 0 Å². The zero-order valence-electron chi connectivity index (χ0n) is 14.6. The van der Waals surface area contributed by atoms with Crippen LogP contribution in [0.2, 0.25) is 0 Å². The Morgan fingerprint density at radius 1 is 1.36 bits per heavy atom. The molecule has 0 bridgehead atoms. The van der Waals surface area contributed by atoms with Gasteiger partial charge in [-0.05, 0) is 37.1 Å². The van der Waals surface area contributed by atoms with Crippen LogP contribution in [0.15, 0.2) is 30.3 Å². The van der Waals surface area contributed by atoms with Crippen LogP contribution in [0.4, 0.5) is 0 Å². The van der Waals surface area contributed by atoms with Crippen LogP contribution in [-0.2, 0) is 13.6 Å². The number of nitriles is 1. The fraction of sp³-hybridized carbons (Fsp3) is 0.316.